The van der Waals surface area contributed by atoms with E-state index >= 15 is 0 Å². The lowest BCUT2D eigenvalue weighted by atomic mass is 10.2. The second-order valence-electron chi connectivity index (χ2n) is 3.98. The van der Waals surface area contributed by atoms with Gasteiger partial charge in [-0.1, -0.05) is 12.1 Å². The van der Waals surface area contributed by atoms with Crippen molar-refractivity contribution in [3.8, 4) is 16.3 Å². The molecular weight excluding hydrogens is 276 g/mol. The van der Waals surface area contributed by atoms with Crippen molar-refractivity contribution < 1.29 is 14.4 Å². The Labute approximate surface area is 121 Å². The van der Waals surface area contributed by atoms with Crippen LogP contribution in [0.2, 0.25) is 0 Å². The summed E-state index contributed by atoms with van der Waals surface area (Å²) >= 11 is 1.49. The zero-order valence-electron chi connectivity index (χ0n) is 11.4. The van der Waals surface area contributed by atoms with Crippen molar-refractivity contribution in [2.24, 2.45) is 0 Å². The summed E-state index contributed by atoms with van der Waals surface area (Å²) in [6.07, 6.45) is 0.196. The molecule has 1 aromatic heterocycles. The molecule has 6 heteroatoms. The Hall–Kier alpha value is -1.92. The number of rotatable bonds is 6. The molecule has 0 aliphatic heterocycles. The molecule has 0 unspecified atom stereocenters. The Morgan fingerprint density at radius 3 is 2.95 bits per heavy atom. The monoisotopic (exact) mass is 292 g/mol. The number of carbonyl (C=O) groups is 1. The number of hydrogen-bond acceptors (Lipinski definition) is 5. The highest BCUT2D eigenvalue weighted by Crippen LogP contribution is 2.32. The number of thiazole rings is 1. The Bertz CT molecular complexity index is 583. The van der Waals surface area contributed by atoms with Crippen molar-refractivity contribution in [3.63, 3.8) is 0 Å². The number of carbonyl (C=O) groups excluding carboxylic acids is 1. The molecule has 0 saturated carbocycles. The van der Waals surface area contributed by atoms with Gasteiger partial charge >= 0.3 is 0 Å². The van der Waals surface area contributed by atoms with Crippen LogP contribution in [0.25, 0.3) is 10.6 Å². The largest absolute Gasteiger partial charge is 0.493 e. The standard InChI is InChI=1S/C14H16N2O3S/c1-3-19-12-7-5-4-6-11(12)14-15-10(9-20-14)8-13(17)16-18-2/h4-7,9H,3,8H2,1-2H3,(H,16,17). The summed E-state index contributed by atoms with van der Waals surface area (Å²) in [6.45, 7) is 2.55. The normalized spacial score (nSPS) is 10.3. The van der Waals surface area contributed by atoms with Crippen molar-refractivity contribution in [2.45, 2.75) is 13.3 Å². The summed E-state index contributed by atoms with van der Waals surface area (Å²) in [5.41, 5.74) is 3.93. The van der Waals surface area contributed by atoms with Crippen LogP contribution in [0.15, 0.2) is 29.6 Å². The van der Waals surface area contributed by atoms with Crippen molar-refractivity contribution >= 4 is 17.2 Å². The second kappa shape index (κ2) is 7.02. The van der Waals surface area contributed by atoms with Gasteiger partial charge in [0.2, 0.25) is 5.91 Å². The number of para-hydroxylation sites is 1. The van der Waals surface area contributed by atoms with Crippen LogP contribution in [0.1, 0.15) is 12.6 Å². The van der Waals surface area contributed by atoms with Gasteiger partial charge in [0.25, 0.3) is 0 Å². The average Bonchev–Trinajstić information content (AvgIpc) is 2.88. The van der Waals surface area contributed by atoms with E-state index in [2.05, 4.69) is 15.3 Å². The number of nitrogens with zero attached hydrogens (tertiary/aromatic N) is 1. The molecule has 20 heavy (non-hydrogen) atoms. The quantitative estimate of drug-likeness (QED) is 0.831. The third-order valence-electron chi connectivity index (χ3n) is 2.53. The first-order valence-electron chi connectivity index (χ1n) is 6.23. The molecule has 1 aromatic carbocycles. The van der Waals surface area contributed by atoms with Gasteiger partial charge in [-0.3, -0.25) is 9.63 Å². The second-order valence-corrected chi connectivity index (χ2v) is 4.84. The zero-order chi connectivity index (χ0) is 14.4. The topological polar surface area (TPSA) is 60.5 Å². The summed E-state index contributed by atoms with van der Waals surface area (Å²) in [6, 6.07) is 7.74. The van der Waals surface area contributed by atoms with E-state index < -0.39 is 0 Å². The molecule has 106 valence electrons. The Balaban J connectivity index is 2.18. The maximum atomic E-state index is 11.4. The van der Waals surface area contributed by atoms with Crippen LogP contribution >= 0.6 is 11.3 Å². The lowest BCUT2D eigenvalue weighted by molar-refractivity contribution is -0.130. The fraction of sp³-hybridized carbons (Fsp3) is 0.286. The maximum absolute atomic E-state index is 11.4. The molecule has 1 N–H and O–H groups in total. The van der Waals surface area contributed by atoms with Gasteiger partial charge in [0.05, 0.1) is 31.4 Å². The first-order valence-corrected chi connectivity index (χ1v) is 7.11. The third-order valence-corrected chi connectivity index (χ3v) is 3.45. The molecule has 0 fully saturated rings. The highest BCUT2D eigenvalue weighted by molar-refractivity contribution is 7.13. The van der Waals surface area contributed by atoms with Crippen LogP contribution < -0.4 is 10.2 Å². The van der Waals surface area contributed by atoms with Crippen LogP contribution in [0.5, 0.6) is 5.75 Å². The molecular formula is C14H16N2O3S. The molecule has 0 atom stereocenters. The molecule has 1 amide bonds. The maximum Gasteiger partial charge on any atom is 0.249 e. The number of benzene rings is 1. The van der Waals surface area contributed by atoms with Crippen LogP contribution in [-0.4, -0.2) is 24.6 Å². The molecule has 0 radical (unpaired) electrons. The number of aromatic nitrogens is 1. The molecule has 0 aliphatic rings. The molecule has 2 rings (SSSR count). The number of hydroxylamine groups is 1. The van der Waals surface area contributed by atoms with E-state index in [0.717, 1.165) is 16.3 Å². The van der Waals surface area contributed by atoms with Crippen molar-refractivity contribution in [2.75, 3.05) is 13.7 Å². The fourth-order valence-corrected chi connectivity index (χ4v) is 2.60. The van der Waals surface area contributed by atoms with Gasteiger partial charge in [0, 0.05) is 5.38 Å². The zero-order valence-corrected chi connectivity index (χ0v) is 12.2. The minimum atomic E-state index is -0.220. The van der Waals surface area contributed by atoms with E-state index in [1.54, 1.807) is 0 Å². The van der Waals surface area contributed by atoms with Crippen molar-refractivity contribution in [3.05, 3.63) is 35.3 Å². The molecule has 0 bridgehead atoms. The molecule has 0 saturated heterocycles. The summed E-state index contributed by atoms with van der Waals surface area (Å²) in [4.78, 5) is 20.5. The summed E-state index contributed by atoms with van der Waals surface area (Å²) in [7, 11) is 1.41. The molecule has 0 spiro atoms. The SMILES string of the molecule is CCOc1ccccc1-c1nc(CC(=O)NOC)cs1. The lowest BCUT2D eigenvalue weighted by Crippen LogP contribution is -2.23. The minimum Gasteiger partial charge on any atom is -0.493 e. The summed E-state index contributed by atoms with van der Waals surface area (Å²) in [5, 5.41) is 2.71. The van der Waals surface area contributed by atoms with Gasteiger partial charge in [-0.05, 0) is 19.1 Å². The van der Waals surface area contributed by atoms with Gasteiger partial charge in [0.1, 0.15) is 10.8 Å². The fourth-order valence-electron chi connectivity index (χ4n) is 1.75. The predicted molar refractivity (Wildman–Crippen MR) is 77.6 cm³/mol. The van der Waals surface area contributed by atoms with E-state index in [0.29, 0.717) is 12.3 Å². The molecule has 2 aromatic rings. The minimum absolute atomic E-state index is 0.196. The molecule has 5 nitrogen and oxygen atoms in total. The molecule has 0 aliphatic carbocycles. The van der Waals surface area contributed by atoms with Crippen LogP contribution in [0.3, 0.4) is 0 Å². The van der Waals surface area contributed by atoms with Gasteiger partial charge in [-0.2, -0.15) is 0 Å². The van der Waals surface area contributed by atoms with Crippen LogP contribution in [-0.2, 0) is 16.1 Å². The lowest BCUT2D eigenvalue weighted by Gasteiger charge is -2.07. The van der Waals surface area contributed by atoms with E-state index in [-0.39, 0.29) is 12.3 Å². The smallest absolute Gasteiger partial charge is 0.249 e. The highest BCUT2D eigenvalue weighted by Gasteiger charge is 2.12. The van der Waals surface area contributed by atoms with Gasteiger partial charge < -0.3 is 4.74 Å². The number of ether oxygens (including phenoxy) is 1. The Morgan fingerprint density at radius 2 is 2.20 bits per heavy atom. The van der Waals surface area contributed by atoms with Gasteiger partial charge in [-0.25, -0.2) is 10.5 Å². The average molecular weight is 292 g/mol. The first kappa shape index (κ1) is 14.5. The summed E-state index contributed by atoms with van der Waals surface area (Å²) < 4.78 is 5.59. The number of amides is 1. The van der Waals surface area contributed by atoms with E-state index in [9.17, 15) is 4.79 Å². The van der Waals surface area contributed by atoms with Gasteiger partial charge in [0.15, 0.2) is 0 Å². The summed E-state index contributed by atoms with van der Waals surface area (Å²) in [5.74, 6) is 0.583. The van der Waals surface area contributed by atoms with E-state index in [4.69, 9.17) is 4.74 Å². The molecule has 1 heterocycles. The highest BCUT2D eigenvalue weighted by atomic mass is 32.1. The van der Waals surface area contributed by atoms with Gasteiger partial charge in [-0.15, -0.1) is 11.3 Å². The van der Waals surface area contributed by atoms with Crippen molar-refractivity contribution in [1.82, 2.24) is 10.5 Å². The predicted octanol–water partition coefficient (Wildman–Crippen LogP) is 2.43. The van der Waals surface area contributed by atoms with E-state index in [1.807, 2.05) is 36.6 Å². The van der Waals surface area contributed by atoms with E-state index in [1.165, 1.54) is 18.4 Å². The Morgan fingerprint density at radius 1 is 1.40 bits per heavy atom. The first-order chi connectivity index (χ1) is 9.74. The number of nitrogens with one attached hydrogen (secondary N) is 1. The van der Waals surface area contributed by atoms with Crippen molar-refractivity contribution in [1.29, 1.82) is 0 Å². The Kier molecular flexibility index (Phi) is 5.09. The van der Waals surface area contributed by atoms with Crippen LogP contribution in [0.4, 0.5) is 0 Å². The number of hydrogen-bond donors (Lipinski definition) is 1. The van der Waals surface area contributed by atoms with Crippen LogP contribution in [0, 0.1) is 0 Å². The third kappa shape index (κ3) is 3.55.